The number of anilines is 2. The third kappa shape index (κ3) is 2.91. The number of nitro benzene ring substituents is 1. The van der Waals surface area contributed by atoms with E-state index in [1.807, 2.05) is 26.0 Å². The number of non-ortho nitro benzene ring substituents is 1. The molecule has 146 valence electrons. The van der Waals surface area contributed by atoms with Crippen LogP contribution in [0.1, 0.15) is 11.1 Å². The standard InChI is InChI=1S/C19H19N3O5S/c1-12-6-7-15(8-13(12)2)21-18-11-28(26,27)10-17(18)20(19(21)23)14-4-3-5-16(9-14)22(24)25/h3-9,17-18H,10-11H2,1-2H3/t17-,18-/m0/s1. The third-order valence-corrected chi connectivity index (χ3v) is 7.16. The number of aryl methyl sites for hydroxylation is 2. The molecule has 0 saturated carbocycles. The SMILES string of the molecule is Cc1ccc(N2C(=O)N(c3cccc([N+](=O)[O-])c3)[C@H]3CS(=O)(=O)C[C@@H]32)cc1C. The summed E-state index contributed by atoms with van der Waals surface area (Å²) in [4.78, 5) is 26.8. The van der Waals surface area contributed by atoms with Gasteiger partial charge in [0.1, 0.15) is 0 Å². The van der Waals surface area contributed by atoms with Gasteiger partial charge in [-0.15, -0.1) is 0 Å². The zero-order valence-electron chi connectivity index (χ0n) is 15.4. The summed E-state index contributed by atoms with van der Waals surface area (Å²) in [6, 6.07) is 9.83. The van der Waals surface area contributed by atoms with Crippen molar-refractivity contribution in [3.8, 4) is 0 Å². The van der Waals surface area contributed by atoms with Crippen molar-refractivity contribution in [1.82, 2.24) is 0 Å². The molecule has 2 atom stereocenters. The lowest BCUT2D eigenvalue weighted by atomic mass is 10.1. The minimum atomic E-state index is -3.32. The molecule has 0 spiro atoms. The molecule has 2 aliphatic rings. The monoisotopic (exact) mass is 401 g/mol. The van der Waals surface area contributed by atoms with Crippen LogP contribution in [0.25, 0.3) is 0 Å². The number of carbonyl (C=O) groups excluding carboxylic acids is 1. The Morgan fingerprint density at radius 1 is 0.964 bits per heavy atom. The summed E-state index contributed by atoms with van der Waals surface area (Å²) >= 11 is 0. The van der Waals surface area contributed by atoms with Crippen LogP contribution in [0.4, 0.5) is 21.9 Å². The number of hydrogen-bond donors (Lipinski definition) is 0. The number of rotatable bonds is 3. The average Bonchev–Trinajstić information content (AvgIpc) is 3.06. The van der Waals surface area contributed by atoms with Crippen LogP contribution in [0.5, 0.6) is 0 Å². The smallest absolute Gasteiger partial charge is 0.288 e. The Labute approximate surface area is 162 Å². The van der Waals surface area contributed by atoms with Crippen molar-refractivity contribution in [2.75, 3.05) is 21.3 Å². The molecule has 8 nitrogen and oxygen atoms in total. The lowest BCUT2D eigenvalue weighted by Crippen LogP contribution is -2.38. The van der Waals surface area contributed by atoms with Crippen molar-refractivity contribution >= 4 is 32.9 Å². The van der Waals surface area contributed by atoms with Crippen molar-refractivity contribution in [3.05, 3.63) is 63.7 Å². The molecule has 2 aromatic carbocycles. The molecule has 0 unspecified atom stereocenters. The second kappa shape index (κ2) is 6.30. The van der Waals surface area contributed by atoms with E-state index in [0.717, 1.165) is 11.1 Å². The number of benzene rings is 2. The van der Waals surface area contributed by atoms with Gasteiger partial charge in [-0.3, -0.25) is 19.9 Å². The van der Waals surface area contributed by atoms with E-state index in [1.54, 1.807) is 12.1 Å². The van der Waals surface area contributed by atoms with Crippen LogP contribution in [0, 0.1) is 24.0 Å². The maximum absolute atomic E-state index is 13.3. The summed E-state index contributed by atoms with van der Waals surface area (Å²) in [5, 5.41) is 11.1. The van der Waals surface area contributed by atoms with Gasteiger partial charge in [-0.2, -0.15) is 0 Å². The van der Waals surface area contributed by atoms with Gasteiger partial charge in [0.15, 0.2) is 9.84 Å². The van der Waals surface area contributed by atoms with Gasteiger partial charge in [-0.05, 0) is 43.2 Å². The van der Waals surface area contributed by atoms with E-state index in [0.29, 0.717) is 11.4 Å². The molecule has 2 saturated heterocycles. The van der Waals surface area contributed by atoms with Crippen LogP contribution >= 0.6 is 0 Å². The summed E-state index contributed by atoms with van der Waals surface area (Å²) in [6.45, 7) is 3.89. The fraction of sp³-hybridized carbons (Fsp3) is 0.316. The van der Waals surface area contributed by atoms with Gasteiger partial charge < -0.3 is 0 Å². The number of carbonyl (C=O) groups is 1. The molecule has 0 aliphatic carbocycles. The predicted molar refractivity (Wildman–Crippen MR) is 106 cm³/mol. The lowest BCUT2D eigenvalue weighted by molar-refractivity contribution is -0.384. The molecule has 28 heavy (non-hydrogen) atoms. The first kappa shape index (κ1) is 18.4. The van der Waals surface area contributed by atoms with E-state index < -0.39 is 26.8 Å². The molecule has 0 bridgehead atoms. The molecule has 0 N–H and O–H groups in total. The van der Waals surface area contributed by atoms with E-state index in [2.05, 4.69) is 0 Å². The lowest BCUT2D eigenvalue weighted by Gasteiger charge is -2.23. The van der Waals surface area contributed by atoms with Crippen molar-refractivity contribution in [2.45, 2.75) is 25.9 Å². The molecule has 9 heteroatoms. The van der Waals surface area contributed by atoms with Gasteiger partial charge in [0.25, 0.3) is 5.69 Å². The summed E-state index contributed by atoms with van der Waals surface area (Å²) in [5.41, 5.74) is 2.89. The summed E-state index contributed by atoms with van der Waals surface area (Å²) < 4.78 is 24.7. The maximum atomic E-state index is 13.3. The fourth-order valence-electron chi connectivity index (χ4n) is 3.94. The first-order valence-corrected chi connectivity index (χ1v) is 10.6. The minimum Gasteiger partial charge on any atom is -0.288 e. The molecule has 2 fully saturated rings. The van der Waals surface area contributed by atoms with E-state index in [-0.39, 0.29) is 23.2 Å². The molecule has 0 radical (unpaired) electrons. The number of hydrogen-bond acceptors (Lipinski definition) is 5. The Morgan fingerprint density at radius 2 is 1.57 bits per heavy atom. The highest BCUT2D eigenvalue weighted by molar-refractivity contribution is 7.91. The van der Waals surface area contributed by atoms with E-state index in [1.165, 1.54) is 28.0 Å². The predicted octanol–water partition coefficient (Wildman–Crippen LogP) is 2.82. The Bertz CT molecular complexity index is 1100. The molecule has 2 amide bonds. The number of sulfone groups is 1. The van der Waals surface area contributed by atoms with E-state index >= 15 is 0 Å². The maximum Gasteiger partial charge on any atom is 0.329 e. The van der Waals surface area contributed by atoms with Crippen LogP contribution in [-0.4, -0.2) is 43.0 Å². The van der Waals surface area contributed by atoms with Crippen LogP contribution in [0.3, 0.4) is 0 Å². The van der Waals surface area contributed by atoms with Crippen molar-refractivity contribution < 1.29 is 18.1 Å². The van der Waals surface area contributed by atoms with Gasteiger partial charge in [0.05, 0.1) is 34.2 Å². The van der Waals surface area contributed by atoms with Gasteiger partial charge in [-0.1, -0.05) is 12.1 Å². The zero-order valence-corrected chi connectivity index (χ0v) is 16.2. The number of amides is 2. The van der Waals surface area contributed by atoms with Crippen molar-refractivity contribution in [3.63, 3.8) is 0 Å². The Morgan fingerprint density at radius 3 is 2.14 bits per heavy atom. The first-order chi connectivity index (χ1) is 13.2. The van der Waals surface area contributed by atoms with Gasteiger partial charge in [-0.25, -0.2) is 13.2 Å². The van der Waals surface area contributed by atoms with Crippen molar-refractivity contribution in [2.24, 2.45) is 0 Å². The second-order valence-corrected chi connectivity index (χ2v) is 9.43. The topological polar surface area (TPSA) is 101 Å². The van der Waals surface area contributed by atoms with Crippen LogP contribution < -0.4 is 9.80 Å². The number of urea groups is 1. The van der Waals surface area contributed by atoms with Crippen LogP contribution in [0.2, 0.25) is 0 Å². The second-order valence-electron chi connectivity index (χ2n) is 7.28. The largest absolute Gasteiger partial charge is 0.329 e. The average molecular weight is 401 g/mol. The highest BCUT2D eigenvalue weighted by atomic mass is 32.2. The third-order valence-electron chi connectivity index (χ3n) is 5.46. The summed E-state index contributed by atoms with van der Waals surface area (Å²) in [5.74, 6) is -0.283. The molecular weight excluding hydrogens is 382 g/mol. The Kier molecular flexibility index (Phi) is 4.15. The fourth-order valence-corrected chi connectivity index (χ4v) is 5.86. The molecule has 2 aromatic rings. The summed E-state index contributed by atoms with van der Waals surface area (Å²) in [7, 11) is -3.32. The van der Waals surface area contributed by atoms with Crippen molar-refractivity contribution in [1.29, 1.82) is 0 Å². The molecule has 4 rings (SSSR count). The van der Waals surface area contributed by atoms with Gasteiger partial charge >= 0.3 is 6.03 Å². The molecule has 2 heterocycles. The van der Waals surface area contributed by atoms with Gasteiger partial charge in [0.2, 0.25) is 0 Å². The quantitative estimate of drug-likeness (QED) is 0.447. The number of nitro groups is 1. The number of nitrogens with zero attached hydrogens (tertiary/aromatic N) is 3. The van der Waals surface area contributed by atoms with Crippen LogP contribution in [-0.2, 0) is 9.84 Å². The van der Waals surface area contributed by atoms with Gasteiger partial charge in [0, 0.05) is 17.8 Å². The Balaban J connectivity index is 1.82. The summed E-state index contributed by atoms with van der Waals surface area (Å²) in [6.07, 6.45) is 0. The molecular formula is C19H19N3O5S. The highest BCUT2D eigenvalue weighted by Gasteiger charge is 2.54. The minimum absolute atomic E-state index is 0.123. The van der Waals surface area contributed by atoms with Crippen LogP contribution in [0.15, 0.2) is 42.5 Å². The number of fused-ring (bicyclic) bond motifs is 1. The van der Waals surface area contributed by atoms with E-state index in [4.69, 9.17) is 0 Å². The highest BCUT2D eigenvalue weighted by Crippen LogP contribution is 2.39. The molecule has 2 aliphatic heterocycles. The van der Waals surface area contributed by atoms with E-state index in [9.17, 15) is 23.3 Å². The first-order valence-electron chi connectivity index (χ1n) is 8.82. The Hall–Kier alpha value is -2.94. The zero-order chi connectivity index (χ0) is 20.2. The molecule has 0 aromatic heterocycles. The normalized spacial score (nSPS) is 23.1.